The molecule has 0 heterocycles. The van der Waals surface area contributed by atoms with Gasteiger partial charge in [-0.05, 0) is 32.3 Å². The van der Waals surface area contributed by atoms with E-state index in [1.807, 2.05) is 6.92 Å². The molecule has 100 valence electrons. The van der Waals surface area contributed by atoms with Crippen molar-refractivity contribution in [2.75, 3.05) is 19.8 Å². The van der Waals surface area contributed by atoms with Crippen LogP contribution in [0.5, 0.6) is 0 Å². The van der Waals surface area contributed by atoms with Gasteiger partial charge in [-0.25, -0.2) is 0 Å². The quantitative estimate of drug-likeness (QED) is 0.719. The molecule has 0 unspecified atom stereocenters. The third-order valence-corrected chi connectivity index (χ3v) is 2.75. The van der Waals surface area contributed by atoms with Crippen molar-refractivity contribution in [2.24, 2.45) is 0 Å². The largest absolute Gasteiger partial charge is 0.382 e. The molecule has 0 spiro atoms. The monoisotopic (exact) mass is 249 g/mol. The van der Waals surface area contributed by atoms with E-state index in [0.29, 0.717) is 13.0 Å². The second kappa shape index (κ2) is 8.70. The highest BCUT2D eigenvalue weighted by Gasteiger charge is 2.01. The summed E-state index contributed by atoms with van der Waals surface area (Å²) < 4.78 is 5.20. The van der Waals surface area contributed by atoms with Gasteiger partial charge in [0, 0.05) is 26.2 Å². The fourth-order valence-electron chi connectivity index (χ4n) is 1.65. The zero-order valence-electron chi connectivity index (χ0n) is 11.4. The smallest absolute Gasteiger partial charge is 0.220 e. The maximum Gasteiger partial charge on any atom is 0.220 e. The Morgan fingerprint density at radius 1 is 1.28 bits per heavy atom. The molecule has 0 aliphatic carbocycles. The van der Waals surface area contributed by atoms with Crippen molar-refractivity contribution >= 4 is 5.91 Å². The van der Waals surface area contributed by atoms with Crippen molar-refractivity contribution in [1.82, 2.24) is 5.32 Å². The summed E-state index contributed by atoms with van der Waals surface area (Å²) in [6.45, 7) is 6.19. The van der Waals surface area contributed by atoms with Crippen LogP contribution in [0.1, 0.15) is 30.9 Å². The van der Waals surface area contributed by atoms with Crippen LogP contribution in [0.25, 0.3) is 0 Å². The van der Waals surface area contributed by atoms with Gasteiger partial charge >= 0.3 is 0 Å². The fraction of sp³-hybridized carbons (Fsp3) is 0.533. The van der Waals surface area contributed by atoms with Crippen molar-refractivity contribution in [3.8, 4) is 0 Å². The van der Waals surface area contributed by atoms with Crippen molar-refractivity contribution in [3.05, 3.63) is 35.4 Å². The fourth-order valence-corrected chi connectivity index (χ4v) is 1.65. The number of amides is 1. The summed E-state index contributed by atoms with van der Waals surface area (Å²) in [5.41, 5.74) is 2.46. The Labute approximate surface area is 110 Å². The van der Waals surface area contributed by atoms with Crippen LogP contribution in [0, 0.1) is 6.92 Å². The predicted molar refractivity (Wildman–Crippen MR) is 73.6 cm³/mol. The van der Waals surface area contributed by atoms with E-state index < -0.39 is 0 Å². The van der Waals surface area contributed by atoms with Crippen molar-refractivity contribution in [3.63, 3.8) is 0 Å². The maximum atomic E-state index is 11.6. The highest BCUT2D eigenvalue weighted by molar-refractivity contribution is 5.76. The Hall–Kier alpha value is -1.35. The van der Waals surface area contributed by atoms with Crippen LogP contribution in [0.2, 0.25) is 0 Å². The van der Waals surface area contributed by atoms with Gasteiger partial charge in [-0.1, -0.05) is 29.8 Å². The molecule has 3 nitrogen and oxygen atoms in total. The number of rotatable bonds is 8. The highest BCUT2D eigenvalue weighted by atomic mass is 16.5. The number of hydrogen-bond acceptors (Lipinski definition) is 2. The Morgan fingerprint density at radius 3 is 2.67 bits per heavy atom. The third-order valence-electron chi connectivity index (χ3n) is 2.75. The van der Waals surface area contributed by atoms with E-state index in [1.54, 1.807) is 0 Å². The second-order valence-corrected chi connectivity index (χ2v) is 4.39. The molecule has 0 saturated heterocycles. The molecule has 18 heavy (non-hydrogen) atoms. The number of nitrogens with one attached hydrogen (secondary N) is 1. The summed E-state index contributed by atoms with van der Waals surface area (Å²) in [5, 5.41) is 2.90. The van der Waals surface area contributed by atoms with E-state index in [4.69, 9.17) is 4.74 Å². The second-order valence-electron chi connectivity index (χ2n) is 4.39. The van der Waals surface area contributed by atoms with Gasteiger partial charge in [0.15, 0.2) is 0 Å². The zero-order valence-corrected chi connectivity index (χ0v) is 11.4. The lowest BCUT2D eigenvalue weighted by Crippen LogP contribution is -2.25. The van der Waals surface area contributed by atoms with Gasteiger partial charge < -0.3 is 10.1 Å². The van der Waals surface area contributed by atoms with E-state index in [-0.39, 0.29) is 5.91 Å². The minimum Gasteiger partial charge on any atom is -0.382 e. The first-order valence-corrected chi connectivity index (χ1v) is 6.62. The summed E-state index contributed by atoms with van der Waals surface area (Å²) in [7, 11) is 0. The van der Waals surface area contributed by atoms with Gasteiger partial charge in [-0.2, -0.15) is 0 Å². The van der Waals surface area contributed by atoms with Crippen LogP contribution in [-0.2, 0) is 16.0 Å². The minimum absolute atomic E-state index is 0.118. The van der Waals surface area contributed by atoms with Crippen molar-refractivity contribution in [1.29, 1.82) is 0 Å². The highest BCUT2D eigenvalue weighted by Crippen LogP contribution is 2.05. The average Bonchev–Trinajstić information content (AvgIpc) is 2.38. The average molecular weight is 249 g/mol. The zero-order chi connectivity index (χ0) is 13.2. The Bertz CT molecular complexity index is 346. The lowest BCUT2D eigenvalue weighted by atomic mass is 10.1. The molecule has 1 aromatic carbocycles. The Morgan fingerprint density at radius 2 is 2.00 bits per heavy atom. The summed E-state index contributed by atoms with van der Waals surface area (Å²) in [5.74, 6) is 0.118. The van der Waals surface area contributed by atoms with E-state index in [2.05, 4.69) is 36.5 Å². The predicted octanol–water partition coefficient (Wildman–Crippen LogP) is 2.47. The number of benzene rings is 1. The van der Waals surface area contributed by atoms with E-state index in [1.165, 1.54) is 11.1 Å². The summed E-state index contributed by atoms with van der Waals surface area (Å²) in [4.78, 5) is 11.6. The van der Waals surface area contributed by atoms with Gasteiger partial charge in [0.05, 0.1) is 0 Å². The van der Waals surface area contributed by atoms with Gasteiger partial charge in [0.25, 0.3) is 0 Å². The van der Waals surface area contributed by atoms with E-state index >= 15 is 0 Å². The lowest BCUT2D eigenvalue weighted by Gasteiger charge is -2.05. The molecule has 0 aliphatic rings. The molecule has 0 aliphatic heterocycles. The molecule has 0 radical (unpaired) electrons. The number of hydrogen-bond donors (Lipinski definition) is 1. The van der Waals surface area contributed by atoms with Crippen LogP contribution >= 0.6 is 0 Å². The van der Waals surface area contributed by atoms with Crippen LogP contribution < -0.4 is 5.32 Å². The first-order valence-electron chi connectivity index (χ1n) is 6.62. The number of ether oxygens (including phenoxy) is 1. The SMILES string of the molecule is CCOCCCNC(=O)CCc1ccc(C)cc1. The summed E-state index contributed by atoms with van der Waals surface area (Å²) in [6.07, 6.45) is 2.24. The molecule has 0 fully saturated rings. The Kier molecular flexibility index (Phi) is 7.11. The maximum absolute atomic E-state index is 11.6. The molecule has 0 bridgehead atoms. The molecular formula is C15H23NO2. The molecule has 1 rings (SSSR count). The molecular weight excluding hydrogens is 226 g/mol. The molecule has 1 amide bonds. The van der Waals surface area contributed by atoms with Gasteiger partial charge in [0.1, 0.15) is 0 Å². The number of aryl methyl sites for hydroxylation is 2. The first kappa shape index (κ1) is 14.7. The van der Waals surface area contributed by atoms with Crippen LogP contribution in [0.3, 0.4) is 0 Å². The molecule has 1 aromatic rings. The topological polar surface area (TPSA) is 38.3 Å². The Balaban J connectivity index is 2.11. The molecule has 1 N–H and O–H groups in total. The van der Waals surface area contributed by atoms with Crippen LogP contribution in [-0.4, -0.2) is 25.7 Å². The lowest BCUT2D eigenvalue weighted by molar-refractivity contribution is -0.121. The summed E-state index contributed by atoms with van der Waals surface area (Å²) >= 11 is 0. The van der Waals surface area contributed by atoms with Crippen LogP contribution in [0.4, 0.5) is 0 Å². The first-order chi connectivity index (χ1) is 8.72. The van der Waals surface area contributed by atoms with Gasteiger partial charge in [0.2, 0.25) is 5.91 Å². The number of carbonyl (C=O) groups excluding carboxylic acids is 1. The summed E-state index contributed by atoms with van der Waals surface area (Å²) in [6, 6.07) is 8.32. The third kappa shape index (κ3) is 6.40. The molecule has 0 atom stereocenters. The van der Waals surface area contributed by atoms with Crippen LogP contribution in [0.15, 0.2) is 24.3 Å². The van der Waals surface area contributed by atoms with Gasteiger partial charge in [-0.15, -0.1) is 0 Å². The van der Waals surface area contributed by atoms with E-state index in [9.17, 15) is 4.79 Å². The standard InChI is InChI=1S/C15H23NO2/c1-3-18-12-4-11-16-15(17)10-9-14-7-5-13(2)6-8-14/h5-8H,3-4,9-12H2,1-2H3,(H,16,17). The molecule has 0 saturated carbocycles. The number of carbonyl (C=O) groups is 1. The molecule has 3 heteroatoms. The molecule has 0 aromatic heterocycles. The minimum atomic E-state index is 0.118. The normalized spacial score (nSPS) is 10.3. The van der Waals surface area contributed by atoms with Crippen molar-refractivity contribution in [2.45, 2.75) is 33.1 Å². The van der Waals surface area contributed by atoms with Crippen molar-refractivity contribution < 1.29 is 9.53 Å². The van der Waals surface area contributed by atoms with E-state index in [0.717, 1.165) is 26.1 Å². The van der Waals surface area contributed by atoms with Gasteiger partial charge in [-0.3, -0.25) is 4.79 Å².